The highest BCUT2D eigenvalue weighted by Gasteiger charge is 2.01. The first-order chi connectivity index (χ1) is 8.16. The van der Waals surface area contributed by atoms with Gasteiger partial charge in [-0.15, -0.1) is 11.3 Å². The molecule has 0 aliphatic heterocycles. The third-order valence-electron chi connectivity index (χ3n) is 2.18. The molecule has 0 aliphatic carbocycles. The Balaban J connectivity index is 2.24. The number of hydrogen-bond acceptors (Lipinski definition) is 3. The molecule has 17 heavy (non-hydrogen) atoms. The van der Waals surface area contributed by atoms with Crippen LogP contribution in [0.15, 0.2) is 46.8 Å². The van der Waals surface area contributed by atoms with Gasteiger partial charge in [0.05, 0.1) is 10.6 Å². The number of nitrogens with two attached hydrogens (primary N) is 2. The van der Waals surface area contributed by atoms with Gasteiger partial charge in [0.2, 0.25) is 5.91 Å². The van der Waals surface area contributed by atoms with E-state index in [4.69, 9.17) is 11.5 Å². The maximum absolute atomic E-state index is 10.9. The molecule has 0 atom stereocenters. The summed E-state index contributed by atoms with van der Waals surface area (Å²) in [6, 6.07) is 10.5. The lowest BCUT2D eigenvalue weighted by atomic mass is 10.2. The van der Waals surface area contributed by atoms with Gasteiger partial charge in [-0.05, 0) is 35.7 Å². The Bertz CT molecular complexity index is 544. The van der Waals surface area contributed by atoms with Gasteiger partial charge in [-0.25, -0.2) is 4.99 Å². The molecule has 0 fully saturated rings. The average Bonchev–Trinajstić information content (AvgIpc) is 2.83. The highest BCUT2D eigenvalue weighted by molar-refractivity contribution is 7.12. The molecule has 86 valence electrons. The molecule has 1 aromatic heterocycles. The number of aliphatic imine (C=N–C) groups is 1. The standard InChI is InChI=1S/C12H11N3OS/c13-11(10-2-1-7-17-10)15-9-5-3-8(4-6-9)12(14)16/h1-7H,(H2,13,15)(H2,14,16). The van der Waals surface area contributed by atoms with Crippen molar-refractivity contribution < 1.29 is 4.79 Å². The van der Waals surface area contributed by atoms with Crippen molar-refractivity contribution in [3.8, 4) is 0 Å². The monoisotopic (exact) mass is 245 g/mol. The van der Waals surface area contributed by atoms with Crippen molar-refractivity contribution in [1.82, 2.24) is 0 Å². The van der Waals surface area contributed by atoms with E-state index in [-0.39, 0.29) is 0 Å². The van der Waals surface area contributed by atoms with E-state index >= 15 is 0 Å². The van der Waals surface area contributed by atoms with Crippen LogP contribution in [-0.4, -0.2) is 11.7 Å². The summed E-state index contributed by atoms with van der Waals surface area (Å²) in [5, 5.41) is 1.94. The maximum Gasteiger partial charge on any atom is 0.248 e. The normalized spacial score (nSPS) is 11.4. The number of benzene rings is 1. The van der Waals surface area contributed by atoms with E-state index in [1.165, 1.54) is 11.3 Å². The van der Waals surface area contributed by atoms with Crippen molar-refractivity contribution in [3.63, 3.8) is 0 Å². The second-order valence-corrected chi connectivity index (χ2v) is 4.33. The fourth-order valence-electron chi connectivity index (χ4n) is 1.32. The van der Waals surface area contributed by atoms with Crippen LogP contribution in [0, 0.1) is 0 Å². The smallest absolute Gasteiger partial charge is 0.248 e. The number of carbonyl (C=O) groups is 1. The lowest BCUT2D eigenvalue weighted by Crippen LogP contribution is -2.11. The second kappa shape index (κ2) is 4.80. The van der Waals surface area contributed by atoms with Gasteiger partial charge in [0.15, 0.2) is 0 Å². The van der Waals surface area contributed by atoms with Crippen molar-refractivity contribution in [1.29, 1.82) is 0 Å². The largest absolute Gasteiger partial charge is 0.383 e. The van der Waals surface area contributed by atoms with E-state index in [1.54, 1.807) is 24.3 Å². The molecule has 1 aromatic carbocycles. The van der Waals surface area contributed by atoms with E-state index in [0.717, 1.165) is 4.88 Å². The zero-order valence-electron chi connectivity index (χ0n) is 8.96. The van der Waals surface area contributed by atoms with E-state index < -0.39 is 5.91 Å². The van der Waals surface area contributed by atoms with Crippen LogP contribution >= 0.6 is 11.3 Å². The molecule has 0 unspecified atom stereocenters. The molecule has 1 amide bonds. The summed E-state index contributed by atoms with van der Waals surface area (Å²) in [6.07, 6.45) is 0. The molecule has 2 rings (SSSR count). The summed E-state index contributed by atoms with van der Waals surface area (Å²) in [4.78, 5) is 16.1. The number of nitrogens with zero attached hydrogens (tertiary/aromatic N) is 1. The summed E-state index contributed by atoms with van der Waals surface area (Å²) in [6.45, 7) is 0. The molecule has 5 heteroatoms. The molecule has 4 N–H and O–H groups in total. The molecule has 0 aliphatic rings. The van der Waals surface area contributed by atoms with Crippen LogP contribution in [0.4, 0.5) is 5.69 Å². The minimum atomic E-state index is -0.452. The maximum atomic E-state index is 10.9. The second-order valence-electron chi connectivity index (χ2n) is 3.39. The third kappa shape index (κ3) is 2.70. The summed E-state index contributed by atoms with van der Waals surface area (Å²) >= 11 is 1.53. The number of amides is 1. The van der Waals surface area contributed by atoms with E-state index in [0.29, 0.717) is 17.1 Å². The van der Waals surface area contributed by atoms with Crippen LogP contribution in [0.25, 0.3) is 0 Å². The molecule has 0 bridgehead atoms. The predicted octanol–water partition coefficient (Wildman–Crippen LogP) is 1.88. The van der Waals surface area contributed by atoms with E-state index in [1.807, 2.05) is 17.5 Å². The third-order valence-corrected chi connectivity index (χ3v) is 3.07. The SMILES string of the molecule is NC(=O)c1ccc(N=C(N)c2cccs2)cc1. The number of primary amides is 1. The van der Waals surface area contributed by atoms with E-state index in [9.17, 15) is 4.79 Å². The Kier molecular flexibility index (Phi) is 3.20. The van der Waals surface area contributed by atoms with E-state index in [2.05, 4.69) is 4.99 Å². The molecule has 0 radical (unpaired) electrons. The number of carbonyl (C=O) groups excluding carboxylic acids is 1. The molecule has 0 saturated heterocycles. The Labute approximate surface area is 103 Å². The molecular formula is C12H11N3OS. The average molecular weight is 245 g/mol. The lowest BCUT2D eigenvalue weighted by Gasteiger charge is -1.99. The van der Waals surface area contributed by atoms with Crippen molar-refractivity contribution in [2.75, 3.05) is 0 Å². The fraction of sp³-hybridized carbons (Fsp3) is 0. The number of rotatable bonds is 3. The van der Waals surface area contributed by atoms with Gasteiger partial charge < -0.3 is 11.5 Å². The number of amidine groups is 1. The Morgan fingerprint density at radius 2 is 1.82 bits per heavy atom. The highest BCUT2D eigenvalue weighted by atomic mass is 32.1. The number of thiophene rings is 1. The Morgan fingerprint density at radius 3 is 2.35 bits per heavy atom. The van der Waals surface area contributed by atoms with Crippen molar-refractivity contribution >= 4 is 28.8 Å². The predicted molar refractivity (Wildman–Crippen MR) is 69.7 cm³/mol. The Hall–Kier alpha value is -2.14. The molecule has 4 nitrogen and oxygen atoms in total. The van der Waals surface area contributed by atoms with Crippen LogP contribution in [-0.2, 0) is 0 Å². The van der Waals surface area contributed by atoms with Crippen molar-refractivity contribution in [2.45, 2.75) is 0 Å². The fourth-order valence-corrected chi connectivity index (χ4v) is 1.95. The van der Waals surface area contributed by atoms with Crippen LogP contribution in [0.5, 0.6) is 0 Å². The van der Waals surface area contributed by atoms with Gasteiger partial charge in [0.25, 0.3) is 0 Å². The molecule has 1 heterocycles. The lowest BCUT2D eigenvalue weighted by molar-refractivity contribution is 0.100. The van der Waals surface area contributed by atoms with Gasteiger partial charge in [-0.1, -0.05) is 6.07 Å². The van der Waals surface area contributed by atoms with Crippen LogP contribution in [0.2, 0.25) is 0 Å². The summed E-state index contributed by atoms with van der Waals surface area (Å²) < 4.78 is 0. The van der Waals surface area contributed by atoms with Crippen molar-refractivity contribution in [2.24, 2.45) is 16.5 Å². The summed E-state index contributed by atoms with van der Waals surface area (Å²) in [7, 11) is 0. The first-order valence-corrected chi connectivity index (χ1v) is 5.82. The molecule has 0 saturated carbocycles. The first-order valence-electron chi connectivity index (χ1n) is 4.95. The van der Waals surface area contributed by atoms with Gasteiger partial charge in [0.1, 0.15) is 5.84 Å². The number of hydrogen-bond donors (Lipinski definition) is 2. The van der Waals surface area contributed by atoms with Gasteiger partial charge in [-0.3, -0.25) is 4.79 Å². The topological polar surface area (TPSA) is 81.5 Å². The van der Waals surface area contributed by atoms with Crippen LogP contribution < -0.4 is 11.5 Å². The zero-order valence-corrected chi connectivity index (χ0v) is 9.78. The minimum absolute atomic E-state index is 0.452. The molecule has 0 spiro atoms. The van der Waals surface area contributed by atoms with Crippen LogP contribution in [0.1, 0.15) is 15.2 Å². The Morgan fingerprint density at radius 1 is 1.12 bits per heavy atom. The van der Waals surface area contributed by atoms with Gasteiger partial charge in [-0.2, -0.15) is 0 Å². The highest BCUT2D eigenvalue weighted by Crippen LogP contribution is 2.15. The van der Waals surface area contributed by atoms with Gasteiger partial charge in [0, 0.05) is 5.56 Å². The first kappa shape index (κ1) is 11.3. The van der Waals surface area contributed by atoms with Gasteiger partial charge >= 0.3 is 0 Å². The zero-order chi connectivity index (χ0) is 12.3. The summed E-state index contributed by atoms with van der Waals surface area (Å²) in [5.74, 6) is 0.0126. The van der Waals surface area contributed by atoms with Crippen molar-refractivity contribution in [3.05, 3.63) is 52.2 Å². The quantitative estimate of drug-likeness (QED) is 0.639. The molecular weight excluding hydrogens is 234 g/mol. The van der Waals surface area contributed by atoms with Crippen LogP contribution in [0.3, 0.4) is 0 Å². The minimum Gasteiger partial charge on any atom is -0.383 e. The molecule has 2 aromatic rings. The summed E-state index contributed by atoms with van der Waals surface area (Å²) in [5.41, 5.74) is 12.1.